The van der Waals surface area contributed by atoms with Crippen LogP contribution in [-0.4, -0.2) is 54.9 Å². The molecule has 1 aliphatic heterocycles. The Morgan fingerprint density at radius 2 is 1.87 bits per heavy atom. The van der Waals surface area contributed by atoms with Gasteiger partial charge in [-0.25, -0.2) is 17.9 Å². The van der Waals surface area contributed by atoms with Gasteiger partial charge in [-0.2, -0.15) is 13.2 Å². The van der Waals surface area contributed by atoms with Gasteiger partial charge in [-0.05, 0) is 29.7 Å². The maximum absolute atomic E-state index is 12.9. The molecule has 0 spiro atoms. The number of nitrogens with zero attached hydrogens (tertiary/aromatic N) is 1. The van der Waals surface area contributed by atoms with Gasteiger partial charge in [0.1, 0.15) is 0 Å². The molecule has 0 aromatic heterocycles. The second kappa shape index (κ2) is 8.85. The molecular weight excluding hydrogens is 437 g/mol. The van der Waals surface area contributed by atoms with E-state index in [1.807, 2.05) is 6.07 Å². The number of halogens is 3. The third-order valence-corrected chi connectivity index (χ3v) is 6.53. The minimum Gasteiger partial charge on any atom is -0.465 e. The monoisotopic (exact) mass is 458 g/mol. The first-order chi connectivity index (χ1) is 14.5. The van der Waals surface area contributed by atoms with Crippen LogP contribution in [0, 0.1) is 0 Å². The molecule has 2 atom stereocenters. The lowest BCUT2D eigenvalue weighted by Crippen LogP contribution is -2.50. The Kier molecular flexibility index (Phi) is 6.58. The second-order valence-corrected chi connectivity index (χ2v) is 9.06. The van der Waals surface area contributed by atoms with Crippen molar-refractivity contribution >= 4 is 16.1 Å². The summed E-state index contributed by atoms with van der Waals surface area (Å²) >= 11 is 0. The van der Waals surface area contributed by atoms with Crippen molar-refractivity contribution in [3.8, 4) is 0 Å². The molecule has 7 nitrogen and oxygen atoms in total. The lowest BCUT2D eigenvalue weighted by atomic mass is 10.0. The fraction of sp³-hybridized carbons (Fsp3) is 0.350. The van der Waals surface area contributed by atoms with Crippen molar-refractivity contribution in [2.24, 2.45) is 0 Å². The number of rotatable bonds is 6. The van der Waals surface area contributed by atoms with E-state index in [0.29, 0.717) is 6.07 Å². The van der Waals surface area contributed by atoms with Crippen LogP contribution < -0.4 is 4.72 Å². The van der Waals surface area contributed by atoms with Gasteiger partial charge in [-0.1, -0.05) is 36.4 Å². The molecule has 3 N–H and O–H groups in total. The Balaban J connectivity index is 1.73. The van der Waals surface area contributed by atoms with Gasteiger partial charge < -0.3 is 15.1 Å². The fourth-order valence-corrected chi connectivity index (χ4v) is 5.05. The third-order valence-electron chi connectivity index (χ3n) is 4.93. The normalized spacial score (nSPS) is 18.8. The van der Waals surface area contributed by atoms with Crippen molar-refractivity contribution in [1.82, 2.24) is 9.62 Å². The highest BCUT2D eigenvalue weighted by molar-refractivity contribution is 7.89. The highest BCUT2D eigenvalue weighted by atomic mass is 32.2. The van der Waals surface area contributed by atoms with E-state index in [4.69, 9.17) is 0 Å². The number of benzene rings is 2. The van der Waals surface area contributed by atoms with E-state index in [9.17, 15) is 36.6 Å². The molecule has 2 aromatic carbocycles. The fourth-order valence-electron chi connectivity index (χ4n) is 3.54. The number of sulfonamides is 1. The molecule has 0 saturated carbocycles. The summed E-state index contributed by atoms with van der Waals surface area (Å²) in [6.07, 6.45) is -6.81. The first-order valence-electron chi connectivity index (χ1n) is 9.38. The van der Waals surface area contributed by atoms with Gasteiger partial charge in [0.25, 0.3) is 0 Å². The minimum absolute atomic E-state index is 0.0191. The van der Waals surface area contributed by atoms with Gasteiger partial charge in [-0.15, -0.1) is 0 Å². The smallest absolute Gasteiger partial charge is 0.416 e. The summed E-state index contributed by atoms with van der Waals surface area (Å²) in [6, 6.07) is 10.6. The first-order valence-corrected chi connectivity index (χ1v) is 10.9. The lowest BCUT2D eigenvalue weighted by Gasteiger charge is -2.31. The average Bonchev–Trinajstić information content (AvgIpc) is 2.66. The molecule has 1 aliphatic rings. The Morgan fingerprint density at radius 1 is 1.19 bits per heavy atom. The number of aliphatic hydroxyl groups excluding tert-OH is 1. The molecular formula is C20H21F3N2O5S. The first kappa shape index (κ1) is 23.0. The minimum atomic E-state index is -4.68. The van der Waals surface area contributed by atoms with Crippen LogP contribution in [0.4, 0.5) is 18.0 Å². The average molecular weight is 458 g/mol. The summed E-state index contributed by atoms with van der Waals surface area (Å²) in [5.74, 6) is 0. The molecule has 0 radical (unpaired) electrons. The van der Waals surface area contributed by atoms with Crippen molar-refractivity contribution in [1.29, 1.82) is 0 Å². The molecule has 31 heavy (non-hydrogen) atoms. The number of hydrogen-bond acceptors (Lipinski definition) is 4. The Morgan fingerprint density at radius 3 is 2.48 bits per heavy atom. The molecule has 0 saturated heterocycles. The van der Waals surface area contributed by atoms with Gasteiger partial charge in [0.2, 0.25) is 10.0 Å². The van der Waals surface area contributed by atoms with Crippen molar-refractivity contribution < 1.29 is 36.6 Å². The zero-order valence-electron chi connectivity index (χ0n) is 16.2. The Labute approximate surface area is 177 Å². The summed E-state index contributed by atoms with van der Waals surface area (Å²) in [5.41, 5.74) is -0.0914. The van der Waals surface area contributed by atoms with Gasteiger partial charge >= 0.3 is 12.3 Å². The number of hydrogen-bond donors (Lipinski definition) is 3. The van der Waals surface area contributed by atoms with Crippen LogP contribution in [0.5, 0.6) is 0 Å². The largest absolute Gasteiger partial charge is 0.465 e. The van der Waals surface area contributed by atoms with Gasteiger partial charge in [-0.3, -0.25) is 0 Å². The molecule has 2 aromatic rings. The van der Waals surface area contributed by atoms with Crippen molar-refractivity contribution in [2.45, 2.75) is 36.1 Å². The van der Waals surface area contributed by atoms with E-state index >= 15 is 0 Å². The highest BCUT2D eigenvalue weighted by Gasteiger charge is 2.36. The quantitative estimate of drug-likeness (QED) is 0.617. The van der Waals surface area contributed by atoms with Gasteiger partial charge in [0.15, 0.2) is 0 Å². The number of carboxylic acid groups (broad SMARTS) is 1. The van der Waals surface area contributed by atoms with Crippen LogP contribution >= 0.6 is 0 Å². The summed E-state index contributed by atoms with van der Waals surface area (Å²) in [4.78, 5) is 12.1. The number of amides is 1. The Bertz CT molecular complexity index is 1040. The van der Waals surface area contributed by atoms with Crippen LogP contribution in [-0.2, 0) is 29.0 Å². The molecule has 11 heteroatoms. The number of fused-ring (bicyclic) bond motifs is 1. The standard InChI is InChI=1S/C20H21F3N2O5S/c21-20(22,23)15-7-6-14-9-16(24-31(29,30)18(14)10-15)11-25(19(27)28)12-17(26)8-13-4-2-1-3-5-13/h1-7,10,16-17,24,26H,8-9,11-12H2,(H,27,28). The highest BCUT2D eigenvalue weighted by Crippen LogP contribution is 2.33. The van der Waals surface area contributed by atoms with Crippen LogP contribution in [0.3, 0.4) is 0 Å². The summed E-state index contributed by atoms with van der Waals surface area (Å²) in [7, 11) is -4.25. The summed E-state index contributed by atoms with van der Waals surface area (Å²) < 4.78 is 66.0. The predicted octanol–water partition coefficient (Wildman–Crippen LogP) is 2.49. The van der Waals surface area contributed by atoms with E-state index in [2.05, 4.69) is 4.72 Å². The van der Waals surface area contributed by atoms with Crippen molar-refractivity contribution in [2.75, 3.05) is 13.1 Å². The second-order valence-electron chi connectivity index (χ2n) is 7.37. The zero-order valence-corrected chi connectivity index (χ0v) is 17.0. The zero-order chi connectivity index (χ0) is 22.8. The topological polar surface area (TPSA) is 107 Å². The van der Waals surface area contributed by atoms with E-state index in [1.165, 1.54) is 0 Å². The molecule has 0 bridgehead atoms. The van der Waals surface area contributed by atoms with Gasteiger partial charge in [0, 0.05) is 19.0 Å². The van der Waals surface area contributed by atoms with Crippen LogP contribution in [0.1, 0.15) is 16.7 Å². The maximum Gasteiger partial charge on any atom is 0.416 e. The molecule has 0 fully saturated rings. The predicted molar refractivity (Wildman–Crippen MR) is 105 cm³/mol. The summed E-state index contributed by atoms with van der Waals surface area (Å²) in [5, 5.41) is 19.8. The molecule has 0 aliphatic carbocycles. The summed E-state index contributed by atoms with van der Waals surface area (Å²) in [6.45, 7) is -0.511. The van der Waals surface area contributed by atoms with E-state index in [-0.39, 0.29) is 31.5 Å². The van der Waals surface area contributed by atoms with Crippen molar-refractivity contribution in [3.63, 3.8) is 0 Å². The van der Waals surface area contributed by atoms with E-state index in [1.54, 1.807) is 24.3 Å². The van der Waals surface area contributed by atoms with Crippen LogP contribution in [0.25, 0.3) is 0 Å². The molecule has 1 amide bonds. The lowest BCUT2D eigenvalue weighted by molar-refractivity contribution is -0.137. The third kappa shape index (κ3) is 5.75. The Hall–Kier alpha value is -2.63. The number of nitrogens with one attached hydrogen (secondary N) is 1. The van der Waals surface area contributed by atoms with Crippen LogP contribution in [0.2, 0.25) is 0 Å². The van der Waals surface area contributed by atoms with E-state index < -0.39 is 44.9 Å². The molecule has 3 rings (SSSR count). The number of alkyl halides is 3. The maximum atomic E-state index is 12.9. The molecule has 2 unspecified atom stereocenters. The molecule has 1 heterocycles. The molecule has 168 valence electrons. The van der Waals surface area contributed by atoms with Gasteiger partial charge in [0.05, 0.1) is 23.1 Å². The van der Waals surface area contributed by atoms with Crippen molar-refractivity contribution in [3.05, 3.63) is 65.2 Å². The van der Waals surface area contributed by atoms with Crippen LogP contribution in [0.15, 0.2) is 53.4 Å². The van der Waals surface area contributed by atoms with E-state index in [0.717, 1.165) is 22.6 Å². The number of carbonyl (C=O) groups is 1. The number of aliphatic hydroxyl groups is 1. The SMILES string of the molecule is O=C(O)N(CC(O)Cc1ccccc1)CC1Cc2ccc(C(F)(F)F)cc2S(=O)(=O)N1.